The van der Waals surface area contributed by atoms with Crippen LogP contribution in [0.3, 0.4) is 0 Å². The highest BCUT2D eigenvalue weighted by Gasteiger charge is 2.39. The lowest BCUT2D eigenvalue weighted by Gasteiger charge is -2.33. The molecular weight excluding hydrogens is 503 g/mol. The molecule has 0 fully saturated rings. The summed E-state index contributed by atoms with van der Waals surface area (Å²) in [6.07, 6.45) is -0.977. The molecule has 12 heteroatoms. The second kappa shape index (κ2) is 8.97. The average Bonchev–Trinajstić information content (AvgIpc) is 3.57. The number of aromatic nitrogens is 4. The van der Waals surface area contributed by atoms with Crippen LogP contribution < -0.4 is 0 Å². The minimum Gasteiger partial charge on any atom is -0.338 e. The van der Waals surface area contributed by atoms with Gasteiger partial charge in [-0.05, 0) is 28.8 Å². The average molecular weight is 520 g/mol. The highest BCUT2D eigenvalue weighted by Crippen LogP contribution is 2.45. The van der Waals surface area contributed by atoms with Gasteiger partial charge in [0.1, 0.15) is 6.54 Å². The number of benzene rings is 1. The molecule has 0 saturated heterocycles. The third kappa shape index (κ3) is 4.48. The van der Waals surface area contributed by atoms with Gasteiger partial charge in [0.2, 0.25) is 11.8 Å². The van der Waals surface area contributed by atoms with Crippen molar-refractivity contribution < 1.29 is 22.5 Å². The van der Waals surface area contributed by atoms with Crippen molar-refractivity contribution in [2.24, 2.45) is 0 Å². The molecule has 0 radical (unpaired) electrons. The van der Waals surface area contributed by atoms with E-state index >= 15 is 0 Å². The molecule has 0 saturated carbocycles. The molecule has 180 valence electrons. The van der Waals surface area contributed by atoms with Crippen LogP contribution in [0, 0.1) is 0 Å². The van der Waals surface area contributed by atoms with E-state index in [4.69, 9.17) is 16.1 Å². The fourth-order valence-electron chi connectivity index (χ4n) is 4.31. The zero-order valence-corrected chi connectivity index (χ0v) is 19.6. The molecule has 35 heavy (non-hydrogen) atoms. The first-order chi connectivity index (χ1) is 16.7. The molecule has 4 heterocycles. The van der Waals surface area contributed by atoms with Gasteiger partial charge in [0.05, 0.1) is 10.9 Å². The Hall–Kier alpha value is -3.44. The molecule has 1 aliphatic heterocycles. The molecule has 5 rings (SSSR count). The van der Waals surface area contributed by atoms with Crippen molar-refractivity contribution >= 4 is 28.8 Å². The molecule has 1 aromatic carbocycles. The van der Waals surface area contributed by atoms with Crippen molar-refractivity contribution in [1.29, 1.82) is 0 Å². The number of thiophene rings is 1. The van der Waals surface area contributed by atoms with E-state index in [1.165, 1.54) is 29.9 Å². The van der Waals surface area contributed by atoms with Crippen molar-refractivity contribution in [3.63, 3.8) is 0 Å². The number of alkyl halides is 3. The first-order valence-corrected chi connectivity index (χ1v) is 11.6. The minimum absolute atomic E-state index is 0.0809. The van der Waals surface area contributed by atoms with Gasteiger partial charge in [-0.25, -0.2) is 0 Å². The number of nitrogens with zero attached hydrogens (tertiary/aromatic N) is 5. The van der Waals surface area contributed by atoms with Gasteiger partial charge in [0, 0.05) is 29.1 Å². The fourth-order valence-corrected chi connectivity index (χ4v) is 5.66. The molecule has 0 N–H and O–H groups in total. The number of rotatable bonds is 5. The lowest BCUT2D eigenvalue weighted by Crippen LogP contribution is -2.37. The molecular formula is C23H17ClF3N5O2S. The van der Waals surface area contributed by atoms with E-state index < -0.39 is 11.9 Å². The smallest absolute Gasteiger partial charge is 0.338 e. The van der Waals surface area contributed by atoms with Crippen LogP contribution in [0.4, 0.5) is 13.2 Å². The number of hydrogen-bond acceptors (Lipinski definition) is 6. The van der Waals surface area contributed by atoms with E-state index in [2.05, 4.69) is 21.8 Å². The Bertz CT molecular complexity index is 1400. The van der Waals surface area contributed by atoms with Gasteiger partial charge in [-0.2, -0.15) is 23.3 Å². The summed E-state index contributed by atoms with van der Waals surface area (Å²) >= 11 is 7.64. The van der Waals surface area contributed by atoms with Gasteiger partial charge in [0.15, 0.2) is 12.0 Å². The van der Waals surface area contributed by atoms with E-state index in [-0.39, 0.29) is 36.4 Å². The zero-order chi connectivity index (χ0) is 24.7. The Morgan fingerprint density at radius 1 is 1.29 bits per heavy atom. The molecule has 1 amide bonds. The number of halogens is 4. The summed E-state index contributed by atoms with van der Waals surface area (Å²) < 4.78 is 48.7. The first kappa shape index (κ1) is 23.3. The SMILES string of the molecule is C=CC(=O)N1Cc2sc(Cl)cc2[C@H](c2ccccc2-c2cn(Cc3ncno3)nc2C(F)(F)F)C1. The Labute approximate surface area is 206 Å². The van der Waals surface area contributed by atoms with Gasteiger partial charge in [-0.1, -0.05) is 47.6 Å². The maximum Gasteiger partial charge on any atom is 0.435 e. The van der Waals surface area contributed by atoms with Crippen molar-refractivity contribution in [2.45, 2.75) is 25.2 Å². The Kier molecular flexibility index (Phi) is 5.97. The molecule has 0 unspecified atom stereocenters. The summed E-state index contributed by atoms with van der Waals surface area (Å²) in [5.74, 6) is -0.515. The van der Waals surface area contributed by atoms with E-state index in [0.717, 1.165) is 15.1 Å². The van der Waals surface area contributed by atoms with Gasteiger partial charge in [0.25, 0.3) is 0 Å². The molecule has 1 aliphatic rings. The van der Waals surface area contributed by atoms with Crippen molar-refractivity contribution in [2.75, 3.05) is 6.54 Å². The van der Waals surface area contributed by atoms with Crippen LogP contribution in [0.15, 0.2) is 60.0 Å². The van der Waals surface area contributed by atoms with Gasteiger partial charge < -0.3 is 9.42 Å². The number of carbonyl (C=O) groups excluding carboxylic acids is 1. The van der Waals surface area contributed by atoms with Crippen molar-refractivity contribution in [3.05, 3.63) is 87.4 Å². The molecule has 0 aliphatic carbocycles. The number of amides is 1. The second-order valence-corrected chi connectivity index (χ2v) is 9.68. The number of carbonyl (C=O) groups is 1. The van der Waals surface area contributed by atoms with Crippen LogP contribution >= 0.6 is 22.9 Å². The van der Waals surface area contributed by atoms with Crippen molar-refractivity contribution in [1.82, 2.24) is 24.8 Å². The summed E-state index contributed by atoms with van der Waals surface area (Å²) in [5.41, 5.74) is 0.785. The minimum atomic E-state index is -4.70. The van der Waals surface area contributed by atoms with E-state index in [1.54, 1.807) is 29.2 Å². The Morgan fingerprint density at radius 3 is 2.80 bits per heavy atom. The van der Waals surface area contributed by atoms with Crippen LogP contribution in [-0.4, -0.2) is 37.3 Å². The standard InChI is InChI=1S/C23H17ClF3N5O2S/c1-2-21(33)31-8-16(15-7-19(24)35-18(15)10-31)13-5-3-4-6-14(13)17-9-32(11-20-28-12-29-34-20)30-22(17)23(25,26)27/h2-7,9,12,16H,1,8,10-11H2/t16-/m0/s1. The Balaban J connectivity index is 1.64. The molecule has 1 atom stereocenters. The van der Waals surface area contributed by atoms with Crippen LogP contribution in [0.2, 0.25) is 4.34 Å². The molecule has 0 bridgehead atoms. The normalized spacial score (nSPS) is 15.8. The van der Waals surface area contributed by atoms with Crippen LogP contribution in [-0.2, 0) is 24.1 Å². The van der Waals surface area contributed by atoms with E-state index in [1.807, 2.05) is 6.07 Å². The molecule has 7 nitrogen and oxygen atoms in total. The summed E-state index contributed by atoms with van der Waals surface area (Å²) in [7, 11) is 0. The summed E-state index contributed by atoms with van der Waals surface area (Å²) in [6, 6.07) is 8.65. The second-order valence-electron chi connectivity index (χ2n) is 7.91. The largest absolute Gasteiger partial charge is 0.435 e. The maximum atomic E-state index is 14.0. The first-order valence-electron chi connectivity index (χ1n) is 10.4. The maximum absolute atomic E-state index is 14.0. The topological polar surface area (TPSA) is 77.0 Å². The molecule has 3 aromatic heterocycles. The van der Waals surface area contributed by atoms with E-state index in [9.17, 15) is 18.0 Å². The lowest BCUT2D eigenvalue weighted by molar-refractivity contribution is -0.141. The predicted molar refractivity (Wildman–Crippen MR) is 123 cm³/mol. The summed E-state index contributed by atoms with van der Waals surface area (Å²) in [6.45, 7) is 4.10. The zero-order valence-electron chi connectivity index (χ0n) is 18.0. The molecule has 0 spiro atoms. The lowest BCUT2D eigenvalue weighted by atomic mass is 9.84. The quantitative estimate of drug-likeness (QED) is 0.331. The van der Waals surface area contributed by atoms with Gasteiger partial charge in [-0.3, -0.25) is 9.48 Å². The van der Waals surface area contributed by atoms with Crippen molar-refractivity contribution in [3.8, 4) is 11.1 Å². The monoisotopic (exact) mass is 519 g/mol. The van der Waals surface area contributed by atoms with Gasteiger partial charge >= 0.3 is 6.18 Å². The van der Waals surface area contributed by atoms with Gasteiger partial charge in [-0.15, -0.1) is 11.3 Å². The van der Waals surface area contributed by atoms with E-state index in [0.29, 0.717) is 22.0 Å². The summed E-state index contributed by atoms with van der Waals surface area (Å²) in [5, 5.41) is 7.27. The third-order valence-electron chi connectivity index (χ3n) is 5.77. The highest BCUT2D eigenvalue weighted by atomic mass is 35.5. The molecule has 4 aromatic rings. The van der Waals surface area contributed by atoms with Crippen LogP contribution in [0.5, 0.6) is 0 Å². The Morgan fingerprint density at radius 2 is 2.09 bits per heavy atom. The number of hydrogen-bond donors (Lipinski definition) is 0. The predicted octanol–water partition coefficient (Wildman–Crippen LogP) is 5.38. The summed E-state index contributed by atoms with van der Waals surface area (Å²) in [4.78, 5) is 18.8. The number of fused-ring (bicyclic) bond motifs is 1. The van der Waals surface area contributed by atoms with Crippen LogP contribution in [0.1, 0.15) is 33.5 Å². The van der Waals surface area contributed by atoms with Crippen LogP contribution in [0.25, 0.3) is 11.1 Å². The fraction of sp³-hybridized carbons (Fsp3) is 0.217. The third-order valence-corrected chi connectivity index (χ3v) is 7.04. The highest BCUT2D eigenvalue weighted by molar-refractivity contribution is 7.16.